The number of nitrogens with one attached hydrogen (secondary N) is 1. The molecule has 3 rings (SSSR count). The topological polar surface area (TPSA) is 90.9 Å². The van der Waals surface area contributed by atoms with Crippen LogP contribution in [0.15, 0.2) is 46.8 Å². The Balaban J connectivity index is 2.12. The number of carbonyl (C=O) groups is 3. The SMILES string of the molecule is COCCOC(=O)C1=C(C)NC2=C(C(=O)[C@H](C(=O)OC)[C@H](C)C2)[C@H]1c1cccc(Cl)c1. The fourth-order valence-electron chi connectivity index (χ4n) is 4.27. The average molecular weight is 448 g/mol. The van der Waals surface area contributed by atoms with Crippen LogP contribution in [0.4, 0.5) is 0 Å². The van der Waals surface area contributed by atoms with Gasteiger partial charge in [0.2, 0.25) is 0 Å². The predicted molar refractivity (Wildman–Crippen MR) is 114 cm³/mol. The highest BCUT2D eigenvalue weighted by molar-refractivity contribution is 6.30. The smallest absolute Gasteiger partial charge is 0.336 e. The van der Waals surface area contributed by atoms with Gasteiger partial charge in [-0.3, -0.25) is 9.59 Å². The molecule has 3 atom stereocenters. The first kappa shape index (κ1) is 23.0. The van der Waals surface area contributed by atoms with E-state index >= 15 is 0 Å². The summed E-state index contributed by atoms with van der Waals surface area (Å²) >= 11 is 6.23. The van der Waals surface area contributed by atoms with Crippen molar-refractivity contribution >= 4 is 29.3 Å². The summed E-state index contributed by atoms with van der Waals surface area (Å²) in [4.78, 5) is 39.0. The summed E-state index contributed by atoms with van der Waals surface area (Å²) in [6, 6.07) is 7.00. The van der Waals surface area contributed by atoms with E-state index in [2.05, 4.69) is 5.32 Å². The van der Waals surface area contributed by atoms with Gasteiger partial charge < -0.3 is 19.5 Å². The molecule has 0 saturated carbocycles. The lowest BCUT2D eigenvalue weighted by Gasteiger charge is -2.38. The van der Waals surface area contributed by atoms with Crippen molar-refractivity contribution < 1.29 is 28.6 Å². The van der Waals surface area contributed by atoms with Crippen LogP contribution >= 0.6 is 11.6 Å². The molecule has 0 unspecified atom stereocenters. The number of methoxy groups -OCH3 is 2. The van der Waals surface area contributed by atoms with E-state index < -0.39 is 23.8 Å². The van der Waals surface area contributed by atoms with Crippen LogP contribution in [0.1, 0.15) is 31.7 Å². The van der Waals surface area contributed by atoms with Crippen LogP contribution in [0, 0.1) is 11.8 Å². The number of hydrogen-bond donors (Lipinski definition) is 1. The maximum atomic E-state index is 13.5. The van der Waals surface area contributed by atoms with Crippen LogP contribution in [-0.2, 0) is 28.6 Å². The molecule has 1 aliphatic heterocycles. The maximum Gasteiger partial charge on any atom is 0.336 e. The molecule has 7 nitrogen and oxygen atoms in total. The number of benzene rings is 1. The van der Waals surface area contributed by atoms with E-state index in [4.69, 9.17) is 25.8 Å². The molecule has 1 heterocycles. The molecule has 0 spiro atoms. The van der Waals surface area contributed by atoms with E-state index in [9.17, 15) is 14.4 Å². The molecule has 0 bridgehead atoms. The average Bonchev–Trinajstić information content (AvgIpc) is 2.72. The fourth-order valence-corrected chi connectivity index (χ4v) is 4.46. The Labute approximate surface area is 186 Å². The maximum absolute atomic E-state index is 13.5. The number of dihydropyridines is 1. The summed E-state index contributed by atoms with van der Waals surface area (Å²) in [6.07, 6.45) is 0.473. The lowest BCUT2D eigenvalue weighted by atomic mass is 9.69. The molecule has 1 aromatic carbocycles. The quantitative estimate of drug-likeness (QED) is 0.407. The van der Waals surface area contributed by atoms with Gasteiger partial charge in [0.05, 0.1) is 19.3 Å². The third-order valence-electron chi connectivity index (χ3n) is 5.67. The van der Waals surface area contributed by atoms with Crippen LogP contribution in [0.2, 0.25) is 5.02 Å². The zero-order chi connectivity index (χ0) is 22.7. The minimum atomic E-state index is -0.934. The number of ether oxygens (including phenoxy) is 3. The van der Waals surface area contributed by atoms with Gasteiger partial charge in [-0.1, -0.05) is 30.7 Å². The molecular weight excluding hydrogens is 422 g/mol. The Morgan fingerprint density at radius 2 is 1.97 bits per heavy atom. The fraction of sp³-hybridized carbons (Fsp3) is 0.435. The van der Waals surface area contributed by atoms with E-state index in [0.29, 0.717) is 39.5 Å². The van der Waals surface area contributed by atoms with E-state index in [-0.39, 0.29) is 24.9 Å². The first-order valence-corrected chi connectivity index (χ1v) is 10.4. The second-order valence-electron chi connectivity index (χ2n) is 7.72. The molecule has 0 fully saturated rings. The highest BCUT2D eigenvalue weighted by Gasteiger charge is 2.47. The number of Topliss-reactive ketones (excluding diaryl/α,β-unsaturated/α-hetero) is 1. The number of carbonyl (C=O) groups excluding carboxylic acids is 3. The highest BCUT2D eigenvalue weighted by atomic mass is 35.5. The van der Waals surface area contributed by atoms with Crippen LogP contribution < -0.4 is 5.32 Å². The third kappa shape index (κ3) is 4.52. The lowest BCUT2D eigenvalue weighted by Crippen LogP contribution is -2.43. The molecule has 0 saturated heterocycles. The number of allylic oxidation sites excluding steroid dienone is 3. The van der Waals surface area contributed by atoms with Crippen molar-refractivity contribution in [1.29, 1.82) is 0 Å². The lowest BCUT2D eigenvalue weighted by molar-refractivity contribution is -0.151. The summed E-state index contributed by atoms with van der Waals surface area (Å²) in [7, 11) is 2.78. The van der Waals surface area contributed by atoms with Gasteiger partial charge >= 0.3 is 11.9 Å². The van der Waals surface area contributed by atoms with Gasteiger partial charge in [0.25, 0.3) is 0 Å². The Morgan fingerprint density at radius 1 is 1.23 bits per heavy atom. The van der Waals surface area contributed by atoms with Crippen molar-refractivity contribution in [3.63, 3.8) is 0 Å². The standard InChI is InChI=1S/C23H26ClNO6/c1-12-10-16-20(21(26)17(12)22(27)30-4)19(14-6-5-7-15(24)11-14)18(13(2)25-16)23(28)31-9-8-29-3/h5-7,11-12,17,19,25H,8-10H2,1-4H3/t12-,17-,19+/m1/s1. The number of ketones is 1. The highest BCUT2D eigenvalue weighted by Crippen LogP contribution is 2.45. The predicted octanol–water partition coefficient (Wildman–Crippen LogP) is 3.14. The molecule has 0 radical (unpaired) electrons. The summed E-state index contributed by atoms with van der Waals surface area (Å²) in [5.41, 5.74) is 2.66. The summed E-state index contributed by atoms with van der Waals surface area (Å²) < 4.78 is 15.2. The summed E-state index contributed by atoms with van der Waals surface area (Å²) in [5.74, 6) is -3.38. The first-order valence-electron chi connectivity index (χ1n) is 10.0. The number of rotatable bonds is 6. The number of hydrogen-bond acceptors (Lipinski definition) is 7. The zero-order valence-electron chi connectivity index (χ0n) is 18.0. The third-order valence-corrected chi connectivity index (χ3v) is 5.90. The molecule has 8 heteroatoms. The molecular formula is C23H26ClNO6. The van der Waals surface area contributed by atoms with Crippen molar-refractivity contribution in [1.82, 2.24) is 5.32 Å². The van der Waals surface area contributed by atoms with Gasteiger partial charge in [0, 0.05) is 35.0 Å². The van der Waals surface area contributed by atoms with Gasteiger partial charge in [-0.25, -0.2) is 4.79 Å². The Hall–Kier alpha value is -2.64. The van der Waals surface area contributed by atoms with Gasteiger partial charge in [-0.2, -0.15) is 0 Å². The van der Waals surface area contributed by atoms with E-state index in [1.165, 1.54) is 14.2 Å². The minimum Gasteiger partial charge on any atom is -0.468 e. The van der Waals surface area contributed by atoms with Gasteiger partial charge in [-0.15, -0.1) is 0 Å². The van der Waals surface area contributed by atoms with E-state index in [1.54, 1.807) is 31.2 Å². The molecule has 0 amide bonds. The summed E-state index contributed by atoms with van der Waals surface area (Å²) in [5, 5.41) is 3.69. The van der Waals surface area contributed by atoms with Crippen molar-refractivity contribution in [2.75, 3.05) is 27.4 Å². The molecule has 166 valence electrons. The number of esters is 2. The van der Waals surface area contributed by atoms with Gasteiger partial charge in [0.1, 0.15) is 12.5 Å². The van der Waals surface area contributed by atoms with Crippen LogP contribution in [0.3, 0.4) is 0 Å². The van der Waals surface area contributed by atoms with Crippen molar-refractivity contribution in [2.45, 2.75) is 26.2 Å². The molecule has 1 N–H and O–H groups in total. The van der Waals surface area contributed by atoms with Crippen LogP contribution in [0.25, 0.3) is 0 Å². The Bertz CT molecular complexity index is 967. The van der Waals surface area contributed by atoms with Gasteiger partial charge in [-0.05, 0) is 37.0 Å². The van der Waals surface area contributed by atoms with Crippen LogP contribution in [-0.4, -0.2) is 45.2 Å². The molecule has 1 aliphatic carbocycles. The second kappa shape index (κ2) is 9.66. The first-order chi connectivity index (χ1) is 14.8. The Kier molecular flexibility index (Phi) is 7.18. The molecule has 31 heavy (non-hydrogen) atoms. The monoisotopic (exact) mass is 447 g/mol. The molecule has 2 aliphatic rings. The minimum absolute atomic E-state index is 0.0794. The number of halogens is 1. The van der Waals surface area contributed by atoms with Crippen molar-refractivity contribution in [2.24, 2.45) is 11.8 Å². The van der Waals surface area contributed by atoms with Crippen molar-refractivity contribution in [3.05, 3.63) is 57.4 Å². The van der Waals surface area contributed by atoms with Crippen molar-refractivity contribution in [3.8, 4) is 0 Å². The van der Waals surface area contributed by atoms with E-state index in [0.717, 1.165) is 0 Å². The summed E-state index contributed by atoms with van der Waals surface area (Å²) in [6.45, 7) is 3.95. The second-order valence-corrected chi connectivity index (χ2v) is 8.16. The zero-order valence-corrected chi connectivity index (χ0v) is 18.7. The largest absolute Gasteiger partial charge is 0.468 e. The molecule has 0 aromatic heterocycles. The van der Waals surface area contributed by atoms with Crippen LogP contribution in [0.5, 0.6) is 0 Å². The Morgan fingerprint density at radius 3 is 2.61 bits per heavy atom. The van der Waals surface area contributed by atoms with E-state index in [1.807, 2.05) is 6.92 Å². The normalized spacial score (nSPS) is 23.3. The van der Waals surface area contributed by atoms with Gasteiger partial charge in [0.15, 0.2) is 5.78 Å². The molecule has 1 aromatic rings.